The van der Waals surface area contributed by atoms with Crippen LogP contribution in [0.1, 0.15) is 38.5 Å². The molecule has 5 rings (SSSR count). The van der Waals surface area contributed by atoms with Gasteiger partial charge < -0.3 is 33.4 Å². The minimum Gasteiger partial charge on any atom is -0.493 e. The molecular weight excluding hydrogens is 474 g/mol. The third-order valence-corrected chi connectivity index (χ3v) is 6.61. The summed E-state index contributed by atoms with van der Waals surface area (Å²) in [6.07, 6.45) is 5.21. The van der Waals surface area contributed by atoms with Gasteiger partial charge in [0.15, 0.2) is 35.6 Å². The Morgan fingerprint density at radius 3 is 1.95 bits per heavy atom. The van der Waals surface area contributed by atoms with Gasteiger partial charge in [0.25, 0.3) is 0 Å². The zero-order chi connectivity index (χ0) is 25.6. The molecule has 1 aromatic heterocycles. The van der Waals surface area contributed by atoms with Crippen LogP contribution in [-0.2, 0) is 9.47 Å². The lowest BCUT2D eigenvalue weighted by atomic mass is 10.0. The Hall–Kier alpha value is -3.49. The van der Waals surface area contributed by atoms with Crippen molar-refractivity contribution in [2.24, 2.45) is 0 Å². The molecule has 3 aromatic rings. The summed E-state index contributed by atoms with van der Waals surface area (Å²) in [5.41, 5.74) is 2.84. The highest BCUT2D eigenvalue weighted by molar-refractivity contribution is 5.73. The maximum Gasteiger partial charge on any atom is 0.249 e. The Morgan fingerprint density at radius 1 is 0.676 bits per heavy atom. The molecule has 2 aromatic carbocycles. The van der Waals surface area contributed by atoms with Crippen molar-refractivity contribution in [3.05, 3.63) is 58.9 Å². The smallest absolute Gasteiger partial charge is 0.249 e. The fourth-order valence-corrected chi connectivity index (χ4v) is 4.64. The Labute approximate surface area is 216 Å². The first kappa shape index (κ1) is 25.2. The minimum absolute atomic E-state index is 0.212. The Morgan fingerprint density at radius 2 is 1.30 bits per heavy atom. The number of pyridine rings is 1. The number of methoxy groups -OCH3 is 2. The van der Waals surface area contributed by atoms with Crippen LogP contribution in [0.3, 0.4) is 0 Å². The second-order valence-electron chi connectivity index (χ2n) is 9.21. The van der Waals surface area contributed by atoms with Gasteiger partial charge in [-0.05, 0) is 73.2 Å². The van der Waals surface area contributed by atoms with E-state index >= 15 is 0 Å². The predicted octanol–water partition coefficient (Wildman–Crippen LogP) is 5.54. The summed E-state index contributed by atoms with van der Waals surface area (Å²) >= 11 is 0. The molecule has 2 saturated heterocycles. The summed E-state index contributed by atoms with van der Waals surface area (Å²) in [5.74, 6) is 2.39. The van der Waals surface area contributed by atoms with E-state index in [-0.39, 0.29) is 18.1 Å². The summed E-state index contributed by atoms with van der Waals surface area (Å²) in [5, 5.41) is 0. The second-order valence-corrected chi connectivity index (χ2v) is 9.21. The molecule has 0 spiro atoms. The van der Waals surface area contributed by atoms with E-state index in [1.165, 1.54) is 0 Å². The number of rotatable bonds is 8. The molecule has 196 valence electrons. The van der Waals surface area contributed by atoms with E-state index < -0.39 is 0 Å². The van der Waals surface area contributed by atoms with Crippen LogP contribution in [-0.4, -0.2) is 45.0 Å². The third kappa shape index (κ3) is 6.09. The maximum atomic E-state index is 12.7. The van der Waals surface area contributed by atoms with Gasteiger partial charge in [-0.1, -0.05) is 6.07 Å². The normalized spacial score (nSPS) is 19.7. The van der Waals surface area contributed by atoms with E-state index in [0.717, 1.165) is 55.2 Å². The van der Waals surface area contributed by atoms with Crippen molar-refractivity contribution in [2.75, 3.05) is 27.4 Å². The van der Waals surface area contributed by atoms with E-state index in [9.17, 15) is 4.79 Å². The molecule has 1 N–H and O–H groups in total. The molecule has 2 fully saturated rings. The molecule has 0 radical (unpaired) electrons. The van der Waals surface area contributed by atoms with E-state index in [1.807, 2.05) is 42.5 Å². The number of hydrogen-bond donors (Lipinski definition) is 1. The van der Waals surface area contributed by atoms with Crippen LogP contribution in [0.15, 0.2) is 53.3 Å². The molecule has 0 saturated carbocycles. The lowest BCUT2D eigenvalue weighted by Crippen LogP contribution is -2.27. The Bertz CT molecular complexity index is 1260. The zero-order valence-corrected chi connectivity index (χ0v) is 21.3. The third-order valence-electron chi connectivity index (χ3n) is 6.61. The van der Waals surface area contributed by atoms with Gasteiger partial charge in [0.2, 0.25) is 5.56 Å². The summed E-state index contributed by atoms with van der Waals surface area (Å²) in [7, 11) is 3.17. The van der Waals surface area contributed by atoms with Crippen molar-refractivity contribution in [2.45, 2.75) is 51.1 Å². The van der Waals surface area contributed by atoms with E-state index in [0.29, 0.717) is 41.9 Å². The largest absolute Gasteiger partial charge is 0.493 e. The van der Waals surface area contributed by atoms with Crippen molar-refractivity contribution in [1.82, 2.24) is 4.98 Å². The summed E-state index contributed by atoms with van der Waals surface area (Å²) in [4.78, 5) is 15.6. The summed E-state index contributed by atoms with van der Waals surface area (Å²) in [6, 6.07) is 14.8. The van der Waals surface area contributed by atoms with E-state index in [1.54, 1.807) is 20.3 Å². The maximum absolute atomic E-state index is 12.7. The molecule has 37 heavy (non-hydrogen) atoms. The monoisotopic (exact) mass is 507 g/mol. The van der Waals surface area contributed by atoms with Crippen LogP contribution in [0.5, 0.6) is 23.0 Å². The number of aromatic amines is 1. The SMILES string of the molecule is COc1ccc(-c2cc(-c3ccc(OC4CCCCO4)c(OC4CCCCO4)c3)cc(=O)[nH]2)cc1OC. The van der Waals surface area contributed by atoms with E-state index in [2.05, 4.69) is 4.98 Å². The molecule has 0 bridgehead atoms. The van der Waals surface area contributed by atoms with Gasteiger partial charge in [0.05, 0.1) is 27.4 Å². The topological polar surface area (TPSA) is 88.2 Å². The van der Waals surface area contributed by atoms with Crippen molar-refractivity contribution in [3.8, 4) is 45.4 Å². The van der Waals surface area contributed by atoms with Crippen LogP contribution < -0.4 is 24.5 Å². The van der Waals surface area contributed by atoms with Crippen LogP contribution in [0.2, 0.25) is 0 Å². The van der Waals surface area contributed by atoms with Gasteiger partial charge >= 0.3 is 0 Å². The lowest BCUT2D eigenvalue weighted by molar-refractivity contribution is -0.118. The molecule has 2 atom stereocenters. The molecular formula is C29H33NO7. The quantitative estimate of drug-likeness (QED) is 0.428. The molecule has 2 aliphatic rings. The first-order valence-corrected chi connectivity index (χ1v) is 12.8. The van der Waals surface area contributed by atoms with Gasteiger partial charge in [0.1, 0.15) is 0 Å². The highest BCUT2D eigenvalue weighted by Crippen LogP contribution is 2.37. The van der Waals surface area contributed by atoms with Gasteiger partial charge in [-0.2, -0.15) is 0 Å². The minimum atomic E-state index is -0.333. The number of ether oxygens (including phenoxy) is 6. The van der Waals surface area contributed by atoms with Crippen LogP contribution in [0.25, 0.3) is 22.4 Å². The Balaban J connectivity index is 1.48. The lowest BCUT2D eigenvalue weighted by Gasteiger charge is -2.27. The molecule has 3 heterocycles. The predicted molar refractivity (Wildman–Crippen MR) is 139 cm³/mol. The van der Waals surface area contributed by atoms with Crippen LogP contribution in [0, 0.1) is 0 Å². The Kier molecular flexibility index (Phi) is 7.96. The molecule has 2 unspecified atom stereocenters. The fourth-order valence-electron chi connectivity index (χ4n) is 4.64. The second kappa shape index (κ2) is 11.7. The highest BCUT2D eigenvalue weighted by atomic mass is 16.7. The van der Waals surface area contributed by atoms with Crippen molar-refractivity contribution >= 4 is 0 Å². The summed E-state index contributed by atoms with van der Waals surface area (Å²) in [6.45, 7) is 1.37. The van der Waals surface area contributed by atoms with Gasteiger partial charge in [0, 0.05) is 30.2 Å². The molecule has 0 aliphatic carbocycles. The van der Waals surface area contributed by atoms with E-state index in [4.69, 9.17) is 28.4 Å². The van der Waals surface area contributed by atoms with Crippen LogP contribution >= 0.6 is 0 Å². The molecule has 8 heteroatoms. The fraction of sp³-hybridized carbons (Fsp3) is 0.414. The molecule has 2 aliphatic heterocycles. The number of aromatic nitrogens is 1. The first-order chi connectivity index (χ1) is 18.1. The van der Waals surface area contributed by atoms with Crippen molar-refractivity contribution < 1.29 is 28.4 Å². The average Bonchev–Trinajstić information content (AvgIpc) is 2.94. The van der Waals surface area contributed by atoms with Crippen molar-refractivity contribution in [1.29, 1.82) is 0 Å². The number of nitrogens with one attached hydrogen (secondary N) is 1. The van der Waals surface area contributed by atoms with Gasteiger partial charge in [-0.15, -0.1) is 0 Å². The molecule has 0 amide bonds. The average molecular weight is 508 g/mol. The summed E-state index contributed by atoms with van der Waals surface area (Å²) < 4.78 is 34.8. The zero-order valence-electron chi connectivity index (χ0n) is 21.3. The van der Waals surface area contributed by atoms with Gasteiger partial charge in [-0.25, -0.2) is 0 Å². The molecule has 8 nitrogen and oxygen atoms in total. The standard InChI is InChI=1S/C29H33NO7/c1-32-23-11-10-20(17-25(23)33-2)22-15-21(18-27(31)30-22)19-9-12-24(36-28-7-3-5-13-34-28)26(16-19)37-29-8-4-6-14-35-29/h9-12,15-18,28-29H,3-8,13-14H2,1-2H3,(H,30,31). The first-order valence-electron chi connectivity index (χ1n) is 12.8. The number of H-pyrrole nitrogens is 1. The number of benzene rings is 2. The van der Waals surface area contributed by atoms with Crippen molar-refractivity contribution in [3.63, 3.8) is 0 Å². The van der Waals surface area contributed by atoms with Gasteiger partial charge in [-0.3, -0.25) is 4.79 Å². The van der Waals surface area contributed by atoms with Crippen LogP contribution in [0.4, 0.5) is 0 Å². The number of hydrogen-bond acceptors (Lipinski definition) is 7. The highest BCUT2D eigenvalue weighted by Gasteiger charge is 2.22.